The van der Waals surface area contributed by atoms with E-state index in [1.807, 2.05) is 0 Å². The van der Waals surface area contributed by atoms with Crippen molar-refractivity contribution < 1.29 is 87.9 Å². The van der Waals surface area contributed by atoms with Crippen LogP contribution in [0.25, 0.3) is 0 Å². The first-order valence-electron chi connectivity index (χ1n) is 25.5. The summed E-state index contributed by atoms with van der Waals surface area (Å²) in [7, 11) is 0. The number of aliphatic carboxylic acids is 3. The van der Waals surface area contributed by atoms with Gasteiger partial charge in [-0.05, 0) is 72.9 Å². The molecule has 0 radical (unpaired) electrons. The van der Waals surface area contributed by atoms with Gasteiger partial charge in [-0.25, -0.2) is 4.79 Å². The van der Waals surface area contributed by atoms with Crippen LogP contribution < -0.4 is 59.7 Å². The fourth-order valence-electron chi connectivity index (χ4n) is 7.71. The quantitative estimate of drug-likeness (QED) is 0.0297. The molecule has 29 nitrogen and oxygen atoms in total. The number of primary amides is 2. The van der Waals surface area contributed by atoms with Crippen LogP contribution in [0, 0.1) is 11.8 Å². The maximum atomic E-state index is 14.4. The van der Waals surface area contributed by atoms with Crippen molar-refractivity contribution in [3.05, 3.63) is 59.7 Å². The van der Waals surface area contributed by atoms with Gasteiger partial charge >= 0.3 is 17.9 Å². The lowest BCUT2D eigenvalue weighted by Gasteiger charge is -2.28. The molecule has 19 N–H and O–H groups in total. The van der Waals surface area contributed by atoms with Gasteiger partial charge in [-0.15, -0.1) is 0 Å². The summed E-state index contributed by atoms with van der Waals surface area (Å²) in [5, 5.41) is 67.4. The van der Waals surface area contributed by atoms with E-state index in [4.69, 9.17) is 22.3 Å². The number of carboxylic acid groups (broad SMARTS) is 3. The first kappa shape index (κ1) is 68.6. The molecule has 0 heterocycles. The number of nitrogens with one attached hydrogen (secondary N) is 8. The fourth-order valence-corrected chi connectivity index (χ4v) is 7.97. The number of phenols is 2. The van der Waals surface area contributed by atoms with Crippen LogP contribution in [0.3, 0.4) is 0 Å². The van der Waals surface area contributed by atoms with Gasteiger partial charge in [0.1, 0.15) is 59.8 Å². The average Bonchev–Trinajstić information content (AvgIpc) is 3.37. The van der Waals surface area contributed by atoms with Crippen molar-refractivity contribution in [2.24, 2.45) is 29.0 Å². The summed E-state index contributed by atoms with van der Waals surface area (Å²) in [5.41, 5.74) is 16.9. The minimum Gasteiger partial charge on any atom is -0.508 e. The molecule has 10 amide bonds. The third-order valence-electron chi connectivity index (χ3n) is 11.9. The standard InChI is InChI=1S/C51H73N11O18S/c1-24(2)17-33(57-43(71)30(52)21-42(69)70)46(74)59-36(20-27-7-11-29(64)12-8-27)49(77)62-38(23-81)50(78)60-35(19-26-5-9-28(63)10-6-26)48(76)56-32(14-16-41(67)68)44(72)55-31(13-15-39(53)65)45(73)58-34(18-25(3)4)47(75)61-37(51(79)80)22-40(54)66/h5-12,24-25,30-38,63-64,81H,13-23,52H2,1-4H3,(H2,53,65)(H2,54,66)(H,55,72)(H,56,76)(H,57,71)(H,58,73)(H,59,74)(H,60,78)(H,61,75)(H,62,77)(H,67,68)(H,69,70)(H,79,80)/t30-,31-,32-,33-,34-,35-,36-,37-,38-/m0/s1. The molecule has 0 spiro atoms. The Labute approximate surface area is 470 Å². The van der Waals surface area contributed by atoms with Gasteiger partial charge in [0.05, 0.1) is 18.9 Å². The molecule has 9 atom stereocenters. The average molecular weight is 1160 g/mol. The van der Waals surface area contributed by atoms with Crippen molar-refractivity contribution in [3.63, 3.8) is 0 Å². The predicted octanol–water partition coefficient (Wildman–Crippen LogP) is -3.32. The summed E-state index contributed by atoms with van der Waals surface area (Å²) in [6, 6.07) is -3.75. The van der Waals surface area contributed by atoms with Crippen molar-refractivity contribution in [1.29, 1.82) is 0 Å². The second kappa shape index (κ2) is 33.8. The largest absolute Gasteiger partial charge is 0.508 e. The van der Waals surface area contributed by atoms with Crippen LogP contribution in [0.15, 0.2) is 48.5 Å². The third-order valence-corrected chi connectivity index (χ3v) is 12.2. The van der Waals surface area contributed by atoms with Gasteiger partial charge in [-0.2, -0.15) is 12.6 Å². The number of hydrogen-bond acceptors (Lipinski definition) is 17. The Balaban J connectivity index is 2.55. The molecule has 81 heavy (non-hydrogen) atoms. The van der Waals surface area contributed by atoms with Crippen LogP contribution in [0.1, 0.15) is 90.2 Å². The van der Waals surface area contributed by atoms with Crippen molar-refractivity contribution in [2.75, 3.05) is 5.75 Å². The van der Waals surface area contributed by atoms with Gasteiger partial charge in [0.2, 0.25) is 59.1 Å². The lowest BCUT2D eigenvalue weighted by Crippen LogP contribution is -2.61. The van der Waals surface area contributed by atoms with Gasteiger partial charge < -0.3 is 85.3 Å². The van der Waals surface area contributed by atoms with E-state index in [0.717, 1.165) is 0 Å². The lowest BCUT2D eigenvalue weighted by molar-refractivity contribution is -0.144. The first-order valence-corrected chi connectivity index (χ1v) is 26.1. The third kappa shape index (κ3) is 25.9. The van der Waals surface area contributed by atoms with Crippen LogP contribution in [0.2, 0.25) is 0 Å². The van der Waals surface area contributed by atoms with E-state index >= 15 is 0 Å². The molecule has 2 rings (SSSR count). The summed E-state index contributed by atoms with van der Waals surface area (Å²) in [4.78, 5) is 169. The van der Waals surface area contributed by atoms with E-state index < -0.39 is 176 Å². The SMILES string of the molecule is CC(C)C[C@H](NC(=O)[C@H](CCC(N)=O)NC(=O)[C@H](CCC(=O)O)NC(=O)[C@H](Cc1ccc(O)cc1)NC(=O)[C@H](CS)NC(=O)[C@H](Cc1ccc(O)cc1)NC(=O)[C@H](CC(C)C)NC(=O)[C@@H](N)CC(=O)O)C(=O)N[C@@H](CC(N)=O)C(=O)O. The highest BCUT2D eigenvalue weighted by Gasteiger charge is 2.36. The van der Waals surface area contributed by atoms with Gasteiger partial charge in [0.15, 0.2) is 0 Å². The van der Waals surface area contributed by atoms with Crippen LogP contribution >= 0.6 is 12.6 Å². The van der Waals surface area contributed by atoms with Crippen molar-refractivity contribution in [2.45, 2.75) is 146 Å². The molecule has 0 aliphatic carbocycles. The lowest BCUT2D eigenvalue weighted by atomic mass is 10.00. The number of hydrogen-bond donors (Lipinski definition) is 17. The second-order valence-electron chi connectivity index (χ2n) is 19.8. The summed E-state index contributed by atoms with van der Waals surface area (Å²) < 4.78 is 0. The Bertz CT molecular complexity index is 2570. The molecule has 0 fully saturated rings. The number of nitrogens with two attached hydrogens (primary N) is 3. The molecule has 2 aromatic carbocycles. The van der Waals surface area contributed by atoms with Crippen molar-refractivity contribution in [1.82, 2.24) is 42.5 Å². The van der Waals surface area contributed by atoms with Gasteiger partial charge in [0, 0.05) is 31.4 Å². The minimum absolute atomic E-state index is 0.000255. The fraction of sp³-hybridized carbons (Fsp3) is 0.510. The normalized spacial score (nSPS) is 14.4. The summed E-state index contributed by atoms with van der Waals surface area (Å²) in [6.07, 6.45) is -4.81. The Kier molecular flexibility index (Phi) is 28.6. The van der Waals surface area contributed by atoms with Crippen LogP contribution in [-0.2, 0) is 75.2 Å². The van der Waals surface area contributed by atoms with E-state index in [0.29, 0.717) is 11.1 Å². The van der Waals surface area contributed by atoms with Gasteiger partial charge in [0.25, 0.3) is 0 Å². The molecule has 30 heteroatoms. The summed E-state index contributed by atoms with van der Waals surface area (Å²) in [5.74, 6) is -16.2. The minimum atomic E-state index is -1.82. The molecular formula is C51H73N11O18S. The van der Waals surface area contributed by atoms with Crippen molar-refractivity contribution >= 4 is 89.6 Å². The monoisotopic (exact) mass is 1160 g/mol. The number of phenolic OH excluding ortho intramolecular Hbond substituents is 2. The predicted molar refractivity (Wildman–Crippen MR) is 289 cm³/mol. The Morgan fingerprint density at radius 1 is 0.432 bits per heavy atom. The molecule has 0 aromatic heterocycles. The number of carbonyl (C=O) groups is 13. The molecule has 0 bridgehead atoms. The van der Waals surface area contributed by atoms with E-state index in [2.05, 4.69) is 55.2 Å². The van der Waals surface area contributed by atoms with Gasteiger partial charge in [-0.3, -0.25) is 57.5 Å². The number of rotatable bonds is 36. The molecule has 0 aliphatic rings. The van der Waals surface area contributed by atoms with E-state index in [1.54, 1.807) is 27.7 Å². The maximum absolute atomic E-state index is 14.4. The Morgan fingerprint density at radius 2 is 0.765 bits per heavy atom. The summed E-state index contributed by atoms with van der Waals surface area (Å²) >= 11 is 4.25. The molecule has 0 saturated carbocycles. The number of carbonyl (C=O) groups excluding carboxylic acids is 10. The number of aromatic hydroxyl groups is 2. The summed E-state index contributed by atoms with van der Waals surface area (Å²) in [6.45, 7) is 6.75. The zero-order valence-electron chi connectivity index (χ0n) is 45.0. The highest BCUT2D eigenvalue weighted by atomic mass is 32.1. The van der Waals surface area contributed by atoms with Crippen LogP contribution in [0.4, 0.5) is 0 Å². The first-order chi connectivity index (χ1) is 37.9. The van der Waals surface area contributed by atoms with Gasteiger partial charge in [-0.1, -0.05) is 52.0 Å². The number of benzene rings is 2. The molecule has 0 saturated heterocycles. The molecule has 0 aliphatic heterocycles. The number of thiol groups is 1. The topological polar surface area (TPSA) is 497 Å². The van der Waals surface area contributed by atoms with Crippen LogP contribution in [0.5, 0.6) is 11.5 Å². The molecular weight excluding hydrogens is 1090 g/mol. The molecule has 2 aromatic rings. The zero-order valence-corrected chi connectivity index (χ0v) is 45.9. The van der Waals surface area contributed by atoms with Crippen LogP contribution in [-0.4, -0.2) is 163 Å². The van der Waals surface area contributed by atoms with E-state index in [-0.39, 0.29) is 49.0 Å². The van der Waals surface area contributed by atoms with Crippen molar-refractivity contribution in [3.8, 4) is 11.5 Å². The smallest absolute Gasteiger partial charge is 0.326 e. The molecule has 0 unspecified atom stereocenters. The number of amides is 10. The van der Waals surface area contributed by atoms with E-state index in [1.165, 1.54) is 48.5 Å². The maximum Gasteiger partial charge on any atom is 0.326 e. The Morgan fingerprint density at radius 3 is 1.12 bits per heavy atom. The highest BCUT2D eigenvalue weighted by Crippen LogP contribution is 2.16. The Hall–Kier alpha value is -8.54. The highest BCUT2D eigenvalue weighted by molar-refractivity contribution is 7.80. The number of carboxylic acids is 3. The zero-order chi connectivity index (χ0) is 61.3. The molecule has 446 valence electrons. The van der Waals surface area contributed by atoms with E-state index in [9.17, 15) is 82.8 Å². The second-order valence-corrected chi connectivity index (χ2v) is 20.2.